The predicted octanol–water partition coefficient (Wildman–Crippen LogP) is 4.42. The largest absolute Gasteiger partial charge is 0.416 e. The lowest BCUT2D eigenvalue weighted by Gasteiger charge is -2.48. The third-order valence-electron chi connectivity index (χ3n) is 6.90. The zero-order valence-corrected chi connectivity index (χ0v) is 20.5. The molecule has 2 saturated heterocycles. The lowest BCUT2D eigenvalue weighted by atomic mass is 9.97. The van der Waals surface area contributed by atoms with Gasteiger partial charge in [0.25, 0.3) is 11.8 Å². The number of hydrogen-bond donors (Lipinski definition) is 0. The molecule has 36 heavy (non-hydrogen) atoms. The average molecular weight is 515 g/mol. The Balaban J connectivity index is 1.18. The molecule has 0 unspecified atom stereocenters. The van der Waals surface area contributed by atoms with Crippen LogP contribution in [0.4, 0.5) is 13.2 Å². The summed E-state index contributed by atoms with van der Waals surface area (Å²) in [5, 5.41) is 1.76. The number of likely N-dealkylation sites (tertiary alicyclic amines) is 1. The Kier molecular flexibility index (Phi) is 6.57. The first-order valence-electron chi connectivity index (χ1n) is 11.7. The summed E-state index contributed by atoms with van der Waals surface area (Å²) in [5.74, 6) is -0.109. The van der Waals surface area contributed by atoms with Gasteiger partial charge in [-0.25, -0.2) is 4.98 Å². The maximum absolute atomic E-state index is 13.2. The number of hydrogen-bond acceptors (Lipinski definition) is 5. The van der Waals surface area contributed by atoms with Gasteiger partial charge in [-0.3, -0.25) is 14.5 Å². The second-order valence-electron chi connectivity index (χ2n) is 9.17. The number of amides is 2. The van der Waals surface area contributed by atoms with E-state index in [1.54, 1.807) is 40.1 Å². The fraction of sp³-hybridized carbons (Fsp3) is 0.346. The van der Waals surface area contributed by atoms with Crippen molar-refractivity contribution in [2.75, 3.05) is 39.3 Å². The highest BCUT2D eigenvalue weighted by atomic mass is 32.1. The van der Waals surface area contributed by atoms with Crippen LogP contribution in [0.25, 0.3) is 11.1 Å². The third-order valence-corrected chi connectivity index (χ3v) is 7.49. The van der Waals surface area contributed by atoms with Gasteiger partial charge in [-0.2, -0.15) is 13.2 Å². The highest BCUT2D eigenvalue weighted by Crippen LogP contribution is 2.33. The summed E-state index contributed by atoms with van der Waals surface area (Å²) in [7, 11) is 0. The van der Waals surface area contributed by atoms with Crippen LogP contribution in [0.1, 0.15) is 32.0 Å². The van der Waals surface area contributed by atoms with Crippen molar-refractivity contribution >= 4 is 23.2 Å². The van der Waals surface area contributed by atoms with E-state index in [1.807, 2.05) is 11.8 Å². The number of rotatable bonds is 4. The molecule has 2 fully saturated rings. The zero-order chi connectivity index (χ0) is 25.4. The number of carbonyl (C=O) groups is 2. The van der Waals surface area contributed by atoms with E-state index in [0.717, 1.165) is 30.8 Å². The van der Waals surface area contributed by atoms with Crippen LogP contribution in [0.15, 0.2) is 53.4 Å². The smallest absolute Gasteiger partial charge is 0.336 e. The molecule has 0 spiro atoms. The minimum Gasteiger partial charge on any atom is -0.336 e. The number of piperazine rings is 1. The monoisotopic (exact) mass is 514 g/mol. The van der Waals surface area contributed by atoms with E-state index in [-0.39, 0.29) is 11.8 Å². The minimum absolute atomic E-state index is 0.0367. The van der Waals surface area contributed by atoms with Crippen molar-refractivity contribution in [3.05, 3.63) is 75.7 Å². The molecule has 0 N–H and O–H groups in total. The SMILES string of the molecule is Cc1cc(-c2cccc(C(F)(F)F)c2)ccc1C(=O)N1CCN(C2CN(C(=O)c3cscn3)C2)CC1. The Labute approximate surface area is 211 Å². The van der Waals surface area contributed by atoms with E-state index in [1.165, 1.54) is 17.4 Å². The molecule has 0 radical (unpaired) electrons. The first-order chi connectivity index (χ1) is 17.2. The van der Waals surface area contributed by atoms with Crippen molar-refractivity contribution in [1.29, 1.82) is 0 Å². The number of alkyl halides is 3. The quantitative estimate of drug-likeness (QED) is 0.517. The predicted molar refractivity (Wildman–Crippen MR) is 131 cm³/mol. The standard InChI is InChI=1S/C26H25F3N4O2S/c1-17-11-19(18-3-2-4-20(12-18)26(27,28)29)5-6-22(17)24(34)32-9-7-31(8-10-32)21-13-33(14-21)25(35)23-15-36-16-30-23/h2-6,11-12,15-16,21H,7-10,13-14H2,1H3. The van der Waals surface area contributed by atoms with Crippen molar-refractivity contribution < 1.29 is 22.8 Å². The van der Waals surface area contributed by atoms with Gasteiger partial charge in [0.05, 0.1) is 11.1 Å². The highest BCUT2D eigenvalue weighted by molar-refractivity contribution is 7.07. The molecule has 188 valence electrons. The molecule has 2 aromatic carbocycles. The molecule has 2 aliphatic rings. The van der Waals surface area contributed by atoms with Crippen molar-refractivity contribution in [1.82, 2.24) is 19.7 Å². The maximum Gasteiger partial charge on any atom is 0.416 e. The number of halogens is 3. The highest BCUT2D eigenvalue weighted by Gasteiger charge is 2.37. The van der Waals surface area contributed by atoms with E-state index < -0.39 is 11.7 Å². The van der Waals surface area contributed by atoms with Crippen LogP contribution in [0.3, 0.4) is 0 Å². The Morgan fingerprint density at radius 3 is 2.31 bits per heavy atom. The van der Waals surface area contributed by atoms with E-state index in [9.17, 15) is 22.8 Å². The second kappa shape index (κ2) is 9.67. The average Bonchev–Trinajstić information content (AvgIpc) is 3.38. The molecule has 1 aromatic heterocycles. The number of nitrogens with zero attached hydrogens (tertiary/aromatic N) is 4. The van der Waals surface area contributed by atoms with E-state index in [2.05, 4.69) is 9.88 Å². The van der Waals surface area contributed by atoms with Crippen molar-refractivity contribution in [2.45, 2.75) is 19.1 Å². The Morgan fingerprint density at radius 2 is 1.67 bits per heavy atom. The summed E-state index contributed by atoms with van der Waals surface area (Å²) < 4.78 is 39.2. The summed E-state index contributed by atoms with van der Waals surface area (Å²) in [6, 6.07) is 10.7. The third kappa shape index (κ3) is 4.87. The van der Waals surface area contributed by atoms with Gasteiger partial charge >= 0.3 is 6.18 Å². The number of aromatic nitrogens is 1. The Morgan fingerprint density at radius 1 is 0.944 bits per heavy atom. The molecule has 0 bridgehead atoms. The molecular formula is C26H25F3N4O2S. The van der Waals surface area contributed by atoms with Gasteiger partial charge < -0.3 is 9.80 Å². The molecule has 5 rings (SSSR count). The van der Waals surface area contributed by atoms with Crippen LogP contribution >= 0.6 is 11.3 Å². The molecule has 3 heterocycles. The molecule has 0 atom stereocenters. The van der Waals surface area contributed by atoms with Gasteiger partial charge in [0, 0.05) is 56.3 Å². The summed E-state index contributed by atoms with van der Waals surface area (Å²) in [5.41, 5.74) is 3.84. The molecule has 6 nitrogen and oxygen atoms in total. The molecule has 0 aliphatic carbocycles. The molecule has 2 amide bonds. The summed E-state index contributed by atoms with van der Waals surface area (Å²) in [6.45, 7) is 5.78. The van der Waals surface area contributed by atoms with Gasteiger partial charge in [0.1, 0.15) is 5.69 Å². The zero-order valence-electron chi connectivity index (χ0n) is 19.7. The topological polar surface area (TPSA) is 56.8 Å². The Hall–Kier alpha value is -3.24. The Bertz CT molecular complexity index is 1260. The van der Waals surface area contributed by atoms with Crippen LogP contribution in [0.5, 0.6) is 0 Å². The second-order valence-corrected chi connectivity index (χ2v) is 9.89. The number of benzene rings is 2. The lowest BCUT2D eigenvalue weighted by Crippen LogP contribution is -2.64. The lowest BCUT2D eigenvalue weighted by molar-refractivity contribution is -0.137. The summed E-state index contributed by atoms with van der Waals surface area (Å²) in [4.78, 5) is 35.6. The number of aryl methyl sites for hydroxylation is 1. The van der Waals surface area contributed by atoms with Crippen molar-refractivity contribution in [2.24, 2.45) is 0 Å². The minimum atomic E-state index is -4.41. The van der Waals surface area contributed by atoms with Crippen molar-refractivity contribution in [3.8, 4) is 11.1 Å². The fourth-order valence-corrected chi connectivity index (χ4v) is 5.28. The number of carbonyl (C=O) groups excluding carboxylic acids is 2. The van der Waals surface area contributed by atoms with Gasteiger partial charge in [-0.05, 0) is 41.8 Å². The van der Waals surface area contributed by atoms with Gasteiger partial charge in [-0.15, -0.1) is 11.3 Å². The van der Waals surface area contributed by atoms with Gasteiger partial charge in [0.15, 0.2) is 0 Å². The van der Waals surface area contributed by atoms with Crippen molar-refractivity contribution in [3.63, 3.8) is 0 Å². The molecule has 0 saturated carbocycles. The van der Waals surface area contributed by atoms with Crippen LogP contribution in [-0.4, -0.2) is 76.8 Å². The first kappa shape index (κ1) is 24.5. The van der Waals surface area contributed by atoms with E-state index in [0.29, 0.717) is 54.6 Å². The molecular weight excluding hydrogens is 489 g/mol. The fourth-order valence-electron chi connectivity index (χ4n) is 4.75. The van der Waals surface area contributed by atoms with Crippen LogP contribution in [0.2, 0.25) is 0 Å². The van der Waals surface area contributed by atoms with Crippen LogP contribution in [0, 0.1) is 6.92 Å². The normalized spacial score (nSPS) is 17.2. The maximum atomic E-state index is 13.2. The van der Waals surface area contributed by atoms with Gasteiger partial charge in [0.2, 0.25) is 0 Å². The molecule has 2 aliphatic heterocycles. The summed E-state index contributed by atoms with van der Waals surface area (Å²) in [6.07, 6.45) is -4.41. The number of thiazole rings is 1. The van der Waals surface area contributed by atoms with E-state index >= 15 is 0 Å². The van der Waals surface area contributed by atoms with Crippen LogP contribution in [-0.2, 0) is 6.18 Å². The van der Waals surface area contributed by atoms with Crippen LogP contribution < -0.4 is 0 Å². The molecule has 3 aromatic rings. The molecule has 10 heteroatoms. The summed E-state index contributed by atoms with van der Waals surface area (Å²) >= 11 is 1.40. The van der Waals surface area contributed by atoms with Gasteiger partial charge in [-0.1, -0.05) is 24.3 Å². The first-order valence-corrected chi connectivity index (χ1v) is 12.6. The van der Waals surface area contributed by atoms with E-state index in [4.69, 9.17) is 0 Å².